The molecule has 0 atom stereocenters. The number of carbonyl (C=O) groups is 3. The number of imide groups is 1. The van der Waals surface area contributed by atoms with E-state index in [1.54, 1.807) is 7.11 Å². The molecule has 0 radical (unpaired) electrons. The average molecular weight is 363 g/mol. The van der Waals surface area contributed by atoms with E-state index < -0.39 is 17.5 Å². The molecule has 2 aliphatic rings. The lowest BCUT2D eigenvalue weighted by Crippen LogP contribution is -2.51. The van der Waals surface area contributed by atoms with Crippen LogP contribution in [-0.4, -0.2) is 41.3 Å². The largest absolute Gasteiger partial charge is 0.497 e. The lowest BCUT2D eigenvalue weighted by atomic mass is 9.82. The molecule has 0 unspecified atom stereocenters. The van der Waals surface area contributed by atoms with Gasteiger partial charge >= 0.3 is 6.03 Å². The first kappa shape index (κ1) is 17.6. The first-order chi connectivity index (χ1) is 12.0. The number of rotatable bonds is 5. The fourth-order valence-corrected chi connectivity index (χ4v) is 3.88. The number of amides is 4. The molecule has 1 heterocycles. The van der Waals surface area contributed by atoms with Gasteiger partial charge in [-0.2, -0.15) is 5.01 Å². The van der Waals surface area contributed by atoms with E-state index in [-0.39, 0.29) is 11.7 Å². The zero-order valence-corrected chi connectivity index (χ0v) is 14.9. The third-order valence-corrected chi connectivity index (χ3v) is 5.55. The molecule has 134 valence electrons. The maximum absolute atomic E-state index is 12.6. The van der Waals surface area contributed by atoms with Gasteiger partial charge in [0.15, 0.2) is 0 Å². The number of hydrogen-bond donors (Lipinski definition) is 2. The highest BCUT2D eigenvalue weighted by molar-refractivity contribution is 8.00. The van der Waals surface area contributed by atoms with Crippen molar-refractivity contribution in [1.82, 2.24) is 15.8 Å². The van der Waals surface area contributed by atoms with Gasteiger partial charge in [0, 0.05) is 4.90 Å². The van der Waals surface area contributed by atoms with Crippen molar-refractivity contribution >= 4 is 29.6 Å². The first-order valence-electron chi connectivity index (χ1n) is 8.27. The second kappa shape index (κ2) is 7.35. The molecule has 7 nitrogen and oxygen atoms in total. The fourth-order valence-electron chi connectivity index (χ4n) is 3.19. The molecule has 1 saturated carbocycles. The van der Waals surface area contributed by atoms with Crippen LogP contribution < -0.4 is 15.5 Å². The summed E-state index contributed by atoms with van der Waals surface area (Å²) in [4.78, 5) is 37.7. The van der Waals surface area contributed by atoms with Crippen molar-refractivity contribution in [3.8, 4) is 5.75 Å². The second-order valence-electron chi connectivity index (χ2n) is 6.21. The van der Waals surface area contributed by atoms with Gasteiger partial charge in [-0.25, -0.2) is 4.79 Å². The number of methoxy groups -OCH3 is 1. The summed E-state index contributed by atoms with van der Waals surface area (Å²) in [5, 5.41) is 3.60. The Kier molecular flexibility index (Phi) is 5.17. The third kappa shape index (κ3) is 3.73. The Hall–Kier alpha value is -2.22. The van der Waals surface area contributed by atoms with E-state index in [0.717, 1.165) is 34.9 Å². The van der Waals surface area contributed by atoms with Crippen molar-refractivity contribution in [1.29, 1.82) is 0 Å². The standard InChI is InChI=1S/C17H21N3O4S/c1-24-12-5-7-13(8-6-12)25-11-14(21)19-20-15(22)17(18-16(20)23)9-3-2-4-10-17/h5-8H,2-4,9-11H2,1H3,(H,18,23)(H,19,21). The van der Waals surface area contributed by atoms with Crippen molar-refractivity contribution in [2.24, 2.45) is 0 Å². The lowest BCUT2D eigenvalue weighted by molar-refractivity contribution is -0.139. The van der Waals surface area contributed by atoms with E-state index in [2.05, 4.69) is 10.7 Å². The quantitative estimate of drug-likeness (QED) is 0.618. The molecule has 4 amide bonds. The lowest BCUT2D eigenvalue weighted by Gasteiger charge is -2.30. The smallest absolute Gasteiger partial charge is 0.344 e. The van der Waals surface area contributed by atoms with Crippen LogP contribution in [-0.2, 0) is 9.59 Å². The van der Waals surface area contributed by atoms with Crippen LogP contribution >= 0.6 is 11.8 Å². The van der Waals surface area contributed by atoms with E-state index in [1.165, 1.54) is 11.8 Å². The highest BCUT2D eigenvalue weighted by atomic mass is 32.2. The van der Waals surface area contributed by atoms with Gasteiger partial charge in [0.1, 0.15) is 11.3 Å². The van der Waals surface area contributed by atoms with Crippen molar-refractivity contribution in [3.05, 3.63) is 24.3 Å². The molecule has 1 aromatic carbocycles. The van der Waals surface area contributed by atoms with Crippen molar-refractivity contribution in [2.75, 3.05) is 12.9 Å². The number of benzene rings is 1. The maximum Gasteiger partial charge on any atom is 0.344 e. The highest BCUT2D eigenvalue weighted by Gasteiger charge is 2.52. The molecule has 0 bridgehead atoms. The van der Waals surface area contributed by atoms with Crippen LogP contribution in [0.15, 0.2) is 29.2 Å². The van der Waals surface area contributed by atoms with E-state index in [4.69, 9.17) is 4.74 Å². The van der Waals surface area contributed by atoms with Gasteiger partial charge in [-0.3, -0.25) is 15.0 Å². The molecule has 1 aliphatic heterocycles. The van der Waals surface area contributed by atoms with Gasteiger partial charge in [0.2, 0.25) is 5.91 Å². The minimum absolute atomic E-state index is 0.108. The minimum atomic E-state index is -0.828. The summed E-state index contributed by atoms with van der Waals surface area (Å²) in [5.41, 5.74) is 1.60. The van der Waals surface area contributed by atoms with Crippen molar-refractivity contribution in [3.63, 3.8) is 0 Å². The zero-order valence-electron chi connectivity index (χ0n) is 14.0. The van der Waals surface area contributed by atoms with Crippen molar-refractivity contribution in [2.45, 2.75) is 42.5 Å². The molecule has 1 spiro atoms. The van der Waals surface area contributed by atoms with Gasteiger partial charge in [-0.15, -0.1) is 11.8 Å². The van der Waals surface area contributed by atoms with Crippen LogP contribution in [0, 0.1) is 0 Å². The van der Waals surface area contributed by atoms with Gasteiger partial charge in [0.05, 0.1) is 12.9 Å². The minimum Gasteiger partial charge on any atom is -0.497 e. The number of urea groups is 1. The van der Waals surface area contributed by atoms with Gasteiger partial charge in [0.25, 0.3) is 5.91 Å². The fraction of sp³-hybridized carbons (Fsp3) is 0.471. The summed E-state index contributed by atoms with van der Waals surface area (Å²) in [6.45, 7) is 0. The van der Waals surface area contributed by atoms with E-state index in [0.29, 0.717) is 12.8 Å². The topological polar surface area (TPSA) is 87.7 Å². The van der Waals surface area contributed by atoms with Gasteiger partial charge in [-0.05, 0) is 37.1 Å². The Bertz CT molecular complexity index is 671. The number of hydrazine groups is 1. The highest BCUT2D eigenvalue weighted by Crippen LogP contribution is 2.33. The van der Waals surface area contributed by atoms with E-state index in [9.17, 15) is 14.4 Å². The predicted octanol–water partition coefficient (Wildman–Crippen LogP) is 2.07. The summed E-state index contributed by atoms with van der Waals surface area (Å²) in [7, 11) is 1.59. The molecular weight excluding hydrogens is 342 g/mol. The Morgan fingerprint density at radius 3 is 2.56 bits per heavy atom. The molecule has 2 N–H and O–H groups in total. The monoisotopic (exact) mass is 363 g/mol. The summed E-state index contributed by atoms with van der Waals surface area (Å²) in [6.07, 6.45) is 4.13. The summed E-state index contributed by atoms with van der Waals surface area (Å²) in [5.74, 6) is 0.110. The summed E-state index contributed by atoms with van der Waals surface area (Å²) in [6, 6.07) is 6.77. The number of hydrogen-bond acceptors (Lipinski definition) is 5. The normalized spacial score (nSPS) is 19.0. The maximum atomic E-state index is 12.6. The van der Waals surface area contributed by atoms with Crippen LogP contribution in [0.25, 0.3) is 0 Å². The van der Waals surface area contributed by atoms with E-state index in [1.807, 2.05) is 24.3 Å². The number of nitrogens with zero attached hydrogens (tertiary/aromatic N) is 1. The number of carbonyl (C=O) groups excluding carboxylic acids is 3. The molecule has 0 aromatic heterocycles. The molecule has 25 heavy (non-hydrogen) atoms. The second-order valence-corrected chi connectivity index (χ2v) is 7.26. The summed E-state index contributed by atoms with van der Waals surface area (Å²) < 4.78 is 5.08. The Morgan fingerprint density at radius 2 is 1.92 bits per heavy atom. The van der Waals surface area contributed by atoms with Gasteiger partial charge in [-0.1, -0.05) is 19.3 Å². The molecule has 3 rings (SSSR count). The number of thioether (sulfide) groups is 1. The number of ether oxygens (including phenoxy) is 1. The molecule has 8 heteroatoms. The van der Waals surface area contributed by atoms with Crippen LogP contribution in [0.3, 0.4) is 0 Å². The van der Waals surface area contributed by atoms with E-state index >= 15 is 0 Å². The Morgan fingerprint density at radius 1 is 1.24 bits per heavy atom. The van der Waals surface area contributed by atoms with Crippen LogP contribution in [0.4, 0.5) is 4.79 Å². The van der Waals surface area contributed by atoms with Crippen LogP contribution in [0.1, 0.15) is 32.1 Å². The predicted molar refractivity (Wildman–Crippen MR) is 93.1 cm³/mol. The zero-order chi connectivity index (χ0) is 17.9. The SMILES string of the molecule is COc1ccc(SCC(=O)NN2C(=O)NC3(CCCCC3)C2=O)cc1. The van der Waals surface area contributed by atoms with Crippen LogP contribution in [0.5, 0.6) is 5.75 Å². The molecule has 2 fully saturated rings. The average Bonchev–Trinajstić information content (AvgIpc) is 2.85. The number of nitrogens with one attached hydrogen (secondary N) is 2. The Balaban J connectivity index is 1.55. The van der Waals surface area contributed by atoms with Crippen molar-refractivity contribution < 1.29 is 19.1 Å². The Labute approximate surface area is 150 Å². The molecule has 1 aromatic rings. The molecule has 1 saturated heterocycles. The van der Waals surface area contributed by atoms with Gasteiger partial charge < -0.3 is 10.1 Å². The molecule has 1 aliphatic carbocycles. The molecular formula is C17H21N3O4S. The first-order valence-corrected chi connectivity index (χ1v) is 9.26. The summed E-state index contributed by atoms with van der Waals surface area (Å²) >= 11 is 1.32. The van der Waals surface area contributed by atoms with Crippen LogP contribution in [0.2, 0.25) is 0 Å². The third-order valence-electron chi connectivity index (χ3n) is 4.53.